The van der Waals surface area contributed by atoms with Crippen molar-refractivity contribution >= 4 is 57.4 Å². The molecule has 0 aliphatic carbocycles. The fraction of sp³-hybridized carbons (Fsp3) is 0.533. The average Bonchev–Trinajstić information content (AvgIpc) is 2.73. The largest absolute Gasteiger partial charge is 0.459 e. The average molecular weight is 396 g/mol. The number of alkyl halides is 2. The Hall–Kier alpha value is -1.31. The quantitative estimate of drug-likeness (QED) is 0.582. The Morgan fingerprint density at radius 1 is 1.00 bits per heavy atom. The van der Waals surface area contributed by atoms with E-state index in [1.54, 1.807) is 34.6 Å². The molecule has 0 aromatic carbocycles. The normalized spacial score (nSPS) is 11.1. The summed E-state index contributed by atoms with van der Waals surface area (Å²) >= 11 is 12.0. The van der Waals surface area contributed by atoms with Crippen LogP contribution in [0.1, 0.15) is 53.3 Å². The van der Waals surface area contributed by atoms with E-state index in [1.165, 1.54) is 0 Å². The van der Waals surface area contributed by atoms with Gasteiger partial charge in [-0.2, -0.15) is 0 Å². The van der Waals surface area contributed by atoms with Gasteiger partial charge in [-0.05, 0) is 40.2 Å². The number of thiophene rings is 1. The van der Waals surface area contributed by atoms with Crippen LogP contribution in [-0.2, 0) is 14.3 Å². The predicted octanol–water partition coefficient (Wildman–Crippen LogP) is 3.93. The van der Waals surface area contributed by atoms with Crippen molar-refractivity contribution < 1.29 is 23.9 Å². The number of carbonyl (C=O) groups is 3. The minimum Gasteiger partial charge on any atom is -0.459 e. The van der Waals surface area contributed by atoms with Crippen LogP contribution in [0.15, 0.2) is 0 Å². The zero-order valence-corrected chi connectivity index (χ0v) is 16.3. The third-order valence-corrected chi connectivity index (χ3v) is 4.24. The van der Waals surface area contributed by atoms with Crippen LogP contribution < -0.4 is 5.32 Å². The van der Waals surface area contributed by atoms with Crippen LogP contribution in [0, 0.1) is 6.92 Å². The van der Waals surface area contributed by atoms with Gasteiger partial charge in [0.2, 0.25) is 0 Å². The van der Waals surface area contributed by atoms with Crippen molar-refractivity contribution in [3.8, 4) is 0 Å². The summed E-state index contributed by atoms with van der Waals surface area (Å²) in [6.45, 7) is 8.39. The Morgan fingerprint density at radius 2 is 1.50 bits per heavy atom. The van der Waals surface area contributed by atoms with E-state index in [0.29, 0.717) is 5.56 Å². The molecule has 0 fully saturated rings. The summed E-state index contributed by atoms with van der Waals surface area (Å²) < 4.78 is 10.3. The van der Waals surface area contributed by atoms with Gasteiger partial charge in [-0.15, -0.1) is 11.3 Å². The summed E-state index contributed by atoms with van der Waals surface area (Å²) in [6, 6.07) is 0. The number of ether oxygens (including phenoxy) is 2. The molecule has 0 saturated carbocycles. The zero-order valence-electron chi connectivity index (χ0n) is 13.9. The Kier molecular flexibility index (Phi) is 7.51. The summed E-state index contributed by atoms with van der Waals surface area (Å²) in [7, 11) is 0. The van der Waals surface area contributed by atoms with E-state index in [2.05, 4.69) is 5.32 Å². The standard InChI is InChI=1S/C15H19Cl2NO5S/c1-6(2)22-14(20)9-8(5)10(15(21)23-7(3)4)24-13(9)18-12(19)11(16)17/h6-7,11H,1-5H3,(H,18,19). The van der Waals surface area contributed by atoms with E-state index >= 15 is 0 Å². The van der Waals surface area contributed by atoms with Crippen molar-refractivity contribution in [3.63, 3.8) is 0 Å². The first-order valence-corrected chi connectivity index (χ1v) is 8.87. The van der Waals surface area contributed by atoms with Gasteiger partial charge in [0.1, 0.15) is 9.88 Å². The molecule has 0 aliphatic rings. The van der Waals surface area contributed by atoms with Crippen molar-refractivity contribution in [1.29, 1.82) is 0 Å². The molecule has 9 heteroatoms. The second-order valence-electron chi connectivity index (χ2n) is 5.46. The lowest BCUT2D eigenvalue weighted by Crippen LogP contribution is -2.20. The second-order valence-corrected chi connectivity index (χ2v) is 7.58. The molecule has 0 aliphatic heterocycles. The molecule has 0 saturated heterocycles. The lowest BCUT2D eigenvalue weighted by atomic mass is 10.1. The van der Waals surface area contributed by atoms with Crippen LogP contribution in [0.2, 0.25) is 0 Å². The Morgan fingerprint density at radius 3 is 1.96 bits per heavy atom. The van der Waals surface area contributed by atoms with Gasteiger partial charge in [-0.25, -0.2) is 9.59 Å². The molecule has 1 heterocycles. The number of hydrogen-bond acceptors (Lipinski definition) is 6. The van der Waals surface area contributed by atoms with E-state index in [-0.39, 0.29) is 27.6 Å². The van der Waals surface area contributed by atoms with Crippen molar-refractivity contribution in [1.82, 2.24) is 0 Å². The molecular formula is C15H19Cl2NO5S. The van der Waals surface area contributed by atoms with E-state index in [9.17, 15) is 14.4 Å². The van der Waals surface area contributed by atoms with Gasteiger partial charge in [0, 0.05) is 0 Å². The van der Waals surface area contributed by atoms with Crippen LogP contribution in [0.4, 0.5) is 5.00 Å². The van der Waals surface area contributed by atoms with Gasteiger partial charge in [0.05, 0.1) is 17.8 Å². The highest BCUT2D eigenvalue weighted by molar-refractivity contribution is 7.18. The maximum atomic E-state index is 12.3. The third-order valence-electron chi connectivity index (χ3n) is 2.66. The lowest BCUT2D eigenvalue weighted by Gasteiger charge is -2.10. The Balaban J connectivity index is 3.30. The number of nitrogens with one attached hydrogen (secondary N) is 1. The van der Waals surface area contributed by atoms with Crippen LogP contribution >= 0.6 is 34.5 Å². The molecule has 24 heavy (non-hydrogen) atoms. The molecule has 1 amide bonds. The van der Waals surface area contributed by atoms with Gasteiger partial charge in [-0.3, -0.25) is 4.79 Å². The van der Waals surface area contributed by atoms with Gasteiger partial charge >= 0.3 is 11.9 Å². The number of halogens is 2. The molecule has 1 aromatic heterocycles. The molecule has 134 valence electrons. The summed E-state index contributed by atoms with van der Waals surface area (Å²) in [5.41, 5.74) is 0.457. The SMILES string of the molecule is Cc1c(C(=O)OC(C)C)sc(NC(=O)C(Cl)Cl)c1C(=O)OC(C)C. The van der Waals surface area contributed by atoms with Gasteiger partial charge in [-0.1, -0.05) is 23.2 Å². The van der Waals surface area contributed by atoms with E-state index in [4.69, 9.17) is 32.7 Å². The maximum Gasteiger partial charge on any atom is 0.348 e. The molecule has 0 spiro atoms. The molecule has 1 rings (SSSR count). The fourth-order valence-electron chi connectivity index (χ4n) is 1.75. The number of carbonyl (C=O) groups excluding carboxylic acids is 3. The van der Waals surface area contributed by atoms with Crippen LogP contribution in [0.5, 0.6) is 0 Å². The zero-order chi connectivity index (χ0) is 18.6. The van der Waals surface area contributed by atoms with Crippen LogP contribution in [-0.4, -0.2) is 34.9 Å². The lowest BCUT2D eigenvalue weighted by molar-refractivity contribution is -0.114. The fourth-order valence-corrected chi connectivity index (χ4v) is 2.94. The number of esters is 2. The van der Waals surface area contributed by atoms with Crippen molar-refractivity contribution in [2.45, 2.75) is 51.7 Å². The molecule has 0 unspecified atom stereocenters. The molecule has 0 bridgehead atoms. The second kappa shape index (κ2) is 8.69. The first-order valence-electron chi connectivity index (χ1n) is 7.18. The van der Waals surface area contributed by atoms with Crippen molar-refractivity contribution in [3.05, 3.63) is 16.0 Å². The molecule has 0 atom stereocenters. The first kappa shape index (κ1) is 20.7. The summed E-state index contributed by atoms with van der Waals surface area (Å²) in [5.74, 6) is -1.94. The van der Waals surface area contributed by atoms with E-state index < -0.39 is 22.7 Å². The summed E-state index contributed by atoms with van der Waals surface area (Å²) in [6.07, 6.45) is -0.682. The number of amides is 1. The predicted molar refractivity (Wildman–Crippen MR) is 94.3 cm³/mol. The van der Waals surface area contributed by atoms with Gasteiger partial charge in [0.25, 0.3) is 5.91 Å². The summed E-state index contributed by atoms with van der Waals surface area (Å²) in [5, 5.41) is 2.58. The number of rotatable bonds is 6. The molecule has 1 aromatic rings. The number of hydrogen-bond donors (Lipinski definition) is 1. The topological polar surface area (TPSA) is 81.7 Å². The van der Waals surface area contributed by atoms with Gasteiger partial charge < -0.3 is 14.8 Å². The first-order chi connectivity index (χ1) is 11.0. The summed E-state index contributed by atoms with van der Waals surface area (Å²) in [4.78, 5) is 35.1. The molecular weight excluding hydrogens is 377 g/mol. The monoisotopic (exact) mass is 395 g/mol. The van der Waals surface area contributed by atoms with Crippen molar-refractivity contribution in [2.75, 3.05) is 5.32 Å². The van der Waals surface area contributed by atoms with Crippen LogP contribution in [0.3, 0.4) is 0 Å². The molecule has 6 nitrogen and oxygen atoms in total. The Bertz CT molecular complexity index is 640. The minimum atomic E-state index is -1.31. The Labute approximate surface area is 154 Å². The highest BCUT2D eigenvalue weighted by atomic mass is 35.5. The van der Waals surface area contributed by atoms with E-state index in [1.807, 2.05) is 0 Å². The van der Waals surface area contributed by atoms with Gasteiger partial charge in [0.15, 0.2) is 4.84 Å². The minimum absolute atomic E-state index is 0.0896. The van der Waals surface area contributed by atoms with E-state index in [0.717, 1.165) is 11.3 Å². The highest BCUT2D eigenvalue weighted by Gasteiger charge is 2.29. The highest BCUT2D eigenvalue weighted by Crippen LogP contribution is 2.35. The van der Waals surface area contributed by atoms with Crippen molar-refractivity contribution in [2.24, 2.45) is 0 Å². The maximum absolute atomic E-state index is 12.3. The smallest absolute Gasteiger partial charge is 0.348 e. The third kappa shape index (κ3) is 5.36. The molecule has 0 radical (unpaired) electrons. The van der Waals surface area contributed by atoms with Crippen LogP contribution in [0.25, 0.3) is 0 Å². The number of anilines is 1. The molecule has 1 N–H and O–H groups in total.